The maximum absolute atomic E-state index is 12.6. The zero-order valence-electron chi connectivity index (χ0n) is 19.3. The van der Waals surface area contributed by atoms with Gasteiger partial charge in [-0.3, -0.25) is 9.59 Å². The first-order chi connectivity index (χ1) is 16.6. The first-order valence-electron chi connectivity index (χ1n) is 10.5. The van der Waals surface area contributed by atoms with Crippen LogP contribution >= 0.6 is 0 Å². The standard InChI is InChI=1S/C24H24N4O6S/c1-4-34-19-9-5-17(6-10-19)21(29)14-22(30)23(31)27-18-7-11-20(12-8-18)35(32,33)28-24-25-15(2)13-16(3)26-24/h5-14,29H,4H2,1-3H3,(H,27,31)(H,25,26,28)/b21-14-. The molecule has 3 aromatic rings. The van der Waals surface area contributed by atoms with Crippen LogP contribution in [-0.4, -0.2) is 41.8 Å². The van der Waals surface area contributed by atoms with E-state index in [-0.39, 0.29) is 22.3 Å². The number of rotatable bonds is 9. The summed E-state index contributed by atoms with van der Waals surface area (Å²) in [6, 6.07) is 13.3. The second-order valence-corrected chi connectivity index (χ2v) is 9.09. The van der Waals surface area contributed by atoms with Crippen molar-refractivity contribution >= 4 is 39.1 Å². The predicted octanol–water partition coefficient (Wildman–Crippen LogP) is 3.40. The van der Waals surface area contributed by atoms with Gasteiger partial charge in [-0.15, -0.1) is 0 Å². The second kappa shape index (κ2) is 10.8. The predicted molar refractivity (Wildman–Crippen MR) is 131 cm³/mol. The molecule has 0 bridgehead atoms. The number of ether oxygens (including phenoxy) is 1. The number of amides is 1. The third kappa shape index (κ3) is 6.87. The molecule has 0 aliphatic heterocycles. The lowest BCUT2D eigenvalue weighted by Gasteiger charge is -2.09. The molecule has 0 fully saturated rings. The summed E-state index contributed by atoms with van der Waals surface area (Å²) >= 11 is 0. The Morgan fingerprint density at radius 1 is 1.00 bits per heavy atom. The van der Waals surface area contributed by atoms with Gasteiger partial charge in [-0.2, -0.15) is 0 Å². The summed E-state index contributed by atoms with van der Waals surface area (Å²) in [5.74, 6) is -1.81. The van der Waals surface area contributed by atoms with Gasteiger partial charge in [-0.05, 0) is 75.4 Å². The first kappa shape index (κ1) is 25.4. The van der Waals surface area contributed by atoms with Crippen LogP contribution in [0, 0.1) is 13.8 Å². The maximum Gasteiger partial charge on any atom is 0.296 e. The number of sulfonamides is 1. The summed E-state index contributed by atoms with van der Waals surface area (Å²) in [6.45, 7) is 5.77. The van der Waals surface area contributed by atoms with E-state index in [4.69, 9.17) is 4.74 Å². The first-order valence-corrected chi connectivity index (χ1v) is 12.0. The minimum absolute atomic E-state index is 0.0513. The molecule has 3 N–H and O–H groups in total. The van der Waals surface area contributed by atoms with Crippen LogP contribution in [0.2, 0.25) is 0 Å². The molecule has 3 rings (SSSR count). The van der Waals surface area contributed by atoms with E-state index in [0.717, 1.165) is 6.08 Å². The number of aliphatic hydroxyl groups is 1. The number of nitrogens with one attached hydrogen (secondary N) is 2. The molecule has 182 valence electrons. The van der Waals surface area contributed by atoms with Gasteiger partial charge < -0.3 is 15.2 Å². The number of nitrogens with zero attached hydrogens (tertiary/aromatic N) is 2. The van der Waals surface area contributed by atoms with Crippen molar-refractivity contribution in [2.45, 2.75) is 25.7 Å². The second-order valence-electron chi connectivity index (χ2n) is 7.41. The van der Waals surface area contributed by atoms with Gasteiger partial charge in [-0.1, -0.05) is 0 Å². The molecule has 1 amide bonds. The average Bonchev–Trinajstić information content (AvgIpc) is 2.79. The smallest absolute Gasteiger partial charge is 0.296 e. The number of aliphatic hydroxyl groups excluding tert-OH is 1. The molecule has 35 heavy (non-hydrogen) atoms. The number of anilines is 2. The Balaban J connectivity index is 1.65. The third-order valence-electron chi connectivity index (χ3n) is 4.58. The van der Waals surface area contributed by atoms with Crippen LogP contribution < -0.4 is 14.8 Å². The molecule has 0 spiro atoms. The third-order valence-corrected chi connectivity index (χ3v) is 5.93. The fourth-order valence-corrected chi connectivity index (χ4v) is 3.97. The Hall–Kier alpha value is -4.25. The lowest BCUT2D eigenvalue weighted by Crippen LogP contribution is -2.21. The molecule has 0 radical (unpaired) electrons. The van der Waals surface area contributed by atoms with E-state index < -0.39 is 21.7 Å². The number of aryl methyl sites for hydroxylation is 2. The molecule has 0 aliphatic rings. The van der Waals surface area contributed by atoms with Crippen LogP contribution in [0.4, 0.5) is 11.6 Å². The van der Waals surface area contributed by atoms with Crippen LogP contribution in [0.5, 0.6) is 5.75 Å². The van der Waals surface area contributed by atoms with E-state index in [1.54, 1.807) is 44.2 Å². The number of carbonyl (C=O) groups excluding carboxylic acids is 2. The van der Waals surface area contributed by atoms with E-state index in [1.807, 2.05) is 6.92 Å². The summed E-state index contributed by atoms with van der Waals surface area (Å²) in [6.07, 6.45) is 0.803. The fourth-order valence-electron chi connectivity index (χ4n) is 3.02. The van der Waals surface area contributed by atoms with Crippen LogP contribution in [-0.2, 0) is 19.6 Å². The quantitative estimate of drug-likeness (QED) is 0.232. The normalized spacial score (nSPS) is 11.6. The molecular formula is C24H24N4O6S. The molecule has 0 saturated heterocycles. The van der Waals surface area contributed by atoms with E-state index >= 15 is 0 Å². The molecule has 2 aromatic carbocycles. The summed E-state index contributed by atoms with van der Waals surface area (Å²) < 4.78 is 32.8. The number of hydrogen-bond acceptors (Lipinski definition) is 8. The Bertz CT molecular complexity index is 1350. The van der Waals surface area contributed by atoms with Crippen molar-refractivity contribution in [3.63, 3.8) is 0 Å². The molecule has 1 aromatic heterocycles. The summed E-state index contributed by atoms with van der Waals surface area (Å²) in [4.78, 5) is 32.4. The van der Waals surface area contributed by atoms with E-state index in [2.05, 4.69) is 20.0 Å². The van der Waals surface area contributed by atoms with Crippen LogP contribution in [0.1, 0.15) is 23.9 Å². The molecule has 11 heteroatoms. The van der Waals surface area contributed by atoms with E-state index in [1.165, 1.54) is 24.3 Å². The molecular weight excluding hydrogens is 472 g/mol. The van der Waals surface area contributed by atoms with Crippen LogP contribution in [0.3, 0.4) is 0 Å². The number of benzene rings is 2. The van der Waals surface area contributed by atoms with Gasteiger partial charge in [0.2, 0.25) is 11.7 Å². The summed E-state index contributed by atoms with van der Waals surface area (Å²) in [5.41, 5.74) is 1.75. The molecule has 0 unspecified atom stereocenters. The fraction of sp³-hybridized carbons (Fsp3) is 0.167. The Kier molecular flexibility index (Phi) is 7.82. The van der Waals surface area contributed by atoms with Gasteiger partial charge in [0.05, 0.1) is 11.5 Å². The highest BCUT2D eigenvalue weighted by Gasteiger charge is 2.18. The van der Waals surface area contributed by atoms with E-state index in [0.29, 0.717) is 29.3 Å². The van der Waals surface area contributed by atoms with Gasteiger partial charge in [0.15, 0.2) is 0 Å². The topological polar surface area (TPSA) is 148 Å². The maximum atomic E-state index is 12.6. The lowest BCUT2D eigenvalue weighted by molar-refractivity contribution is -0.131. The molecule has 0 atom stereocenters. The molecule has 10 nitrogen and oxygen atoms in total. The van der Waals surface area contributed by atoms with Crippen LogP contribution in [0.15, 0.2) is 65.6 Å². The van der Waals surface area contributed by atoms with Gasteiger partial charge in [0, 0.05) is 28.7 Å². The number of hydrogen-bond donors (Lipinski definition) is 3. The summed E-state index contributed by atoms with van der Waals surface area (Å²) in [7, 11) is -3.97. The van der Waals surface area contributed by atoms with Crippen molar-refractivity contribution in [1.29, 1.82) is 0 Å². The number of aromatic nitrogens is 2. The molecule has 0 aliphatic carbocycles. The average molecular weight is 497 g/mol. The van der Waals surface area contributed by atoms with Crippen molar-refractivity contribution in [1.82, 2.24) is 9.97 Å². The Morgan fingerprint density at radius 2 is 1.60 bits per heavy atom. The van der Waals surface area contributed by atoms with Gasteiger partial charge in [-0.25, -0.2) is 23.1 Å². The van der Waals surface area contributed by atoms with Crippen molar-refractivity contribution in [2.75, 3.05) is 16.6 Å². The molecule has 0 saturated carbocycles. The van der Waals surface area contributed by atoms with Gasteiger partial charge >= 0.3 is 0 Å². The highest BCUT2D eigenvalue weighted by molar-refractivity contribution is 7.92. The minimum Gasteiger partial charge on any atom is -0.507 e. The highest BCUT2D eigenvalue weighted by atomic mass is 32.2. The van der Waals surface area contributed by atoms with Crippen molar-refractivity contribution in [3.8, 4) is 5.75 Å². The van der Waals surface area contributed by atoms with Crippen molar-refractivity contribution < 1.29 is 27.9 Å². The van der Waals surface area contributed by atoms with Gasteiger partial charge in [0.1, 0.15) is 11.5 Å². The van der Waals surface area contributed by atoms with Gasteiger partial charge in [0.25, 0.3) is 15.9 Å². The van der Waals surface area contributed by atoms with E-state index in [9.17, 15) is 23.1 Å². The lowest BCUT2D eigenvalue weighted by atomic mass is 10.1. The molecule has 1 heterocycles. The van der Waals surface area contributed by atoms with Crippen molar-refractivity contribution in [3.05, 3.63) is 77.6 Å². The number of carbonyl (C=O) groups is 2. The van der Waals surface area contributed by atoms with Crippen LogP contribution in [0.25, 0.3) is 5.76 Å². The minimum atomic E-state index is -3.97. The summed E-state index contributed by atoms with van der Waals surface area (Å²) in [5, 5.41) is 12.5. The monoisotopic (exact) mass is 496 g/mol. The SMILES string of the molecule is CCOc1ccc(/C(O)=C/C(=O)C(=O)Nc2ccc(S(=O)(=O)Nc3nc(C)cc(C)n3)cc2)cc1. The number of ketones is 1. The Morgan fingerprint density at radius 3 is 2.17 bits per heavy atom. The van der Waals surface area contributed by atoms with Crippen molar-refractivity contribution in [2.24, 2.45) is 0 Å². The largest absolute Gasteiger partial charge is 0.507 e. The highest BCUT2D eigenvalue weighted by Crippen LogP contribution is 2.19. The zero-order chi connectivity index (χ0) is 25.6. The zero-order valence-corrected chi connectivity index (χ0v) is 20.1. The Labute approximate surface area is 202 Å².